The Morgan fingerprint density at radius 1 is 1.30 bits per heavy atom. The van der Waals surface area contributed by atoms with Crippen molar-refractivity contribution in [1.82, 2.24) is 9.78 Å². The summed E-state index contributed by atoms with van der Waals surface area (Å²) in [5.74, 6) is 0.123. The molecule has 1 heterocycles. The molecule has 2 rings (SSSR count). The fourth-order valence-corrected chi connectivity index (χ4v) is 2.68. The van der Waals surface area contributed by atoms with Crippen LogP contribution in [0.25, 0.3) is 0 Å². The van der Waals surface area contributed by atoms with Gasteiger partial charge in [-0.15, -0.1) is 0 Å². The minimum Gasteiger partial charge on any atom is -0.294 e. The number of halogens is 1. The first-order valence-electron chi connectivity index (χ1n) is 6.90. The predicted octanol–water partition coefficient (Wildman–Crippen LogP) is 3.96. The molecule has 0 bridgehead atoms. The van der Waals surface area contributed by atoms with Crippen molar-refractivity contribution in [3.8, 4) is 0 Å². The molecule has 1 aromatic carbocycles. The number of hydrogen-bond donors (Lipinski definition) is 0. The molecule has 0 aliphatic carbocycles. The van der Waals surface area contributed by atoms with E-state index >= 15 is 0 Å². The summed E-state index contributed by atoms with van der Waals surface area (Å²) in [6.45, 7) is 6.90. The highest BCUT2D eigenvalue weighted by molar-refractivity contribution is 9.10. The largest absolute Gasteiger partial charge is 0.294 e. The van der Waals surface area contributed by atoms with E-state index in [0.29, 0.717) is 6.42 Å². The lowest BCUT2D eigenvalue weighted by Gasteiger charge is -2.06. The third-order valence-corrected chi connectivity index (χ3v) is 4.03. The highest BCUT2D eigenvalue weighted by Crippen LogP contribution is 2.20. The van der Waals surface area contributed by atoms with Gasteiger partial charge in [0.1, 0.15) is 0 Å². The minimum atomic E-state index is 0.123. The summed E-state index contributed by atoms with van der Waals surface area (Å²) in [6, 6.07) is 7.88. The van der Waals surface area contributed by atoms with E-state index in [0.717, 1.165) is 40.0 Å². The van der Waals surface area contributed by atoms with E-state index in [9.17, 15) is 4.79 Å². The van der Waals surface area contributed by atoms with Gasteiger partial charge in [0.05, 0.1) is 12.1 Å². The zero-order chi connectivity index (χ0) is 14.7. The molecule has 0 saturated heterocycles. The Kier molecular flexibility index (Phi) is 4.76. The van der Waals surface area contributed by atoms with Gasteiger partial charge in [0.25, 0.3) is 0 Å². The lowest BCUT2D eigenvalue weighted by molar-refractivity contribution is 0.0989. The SMILES string of the molecule is CCc1cc(CC(=O)c2cc(C)ccc2Br)n(CC)n1. The lowest BCUT2D eigenvalue weighted by atomic mass is 10.0. The monoisotopic (exact) mass is 334 g/mol. The van der Waals surface area contributed by atoms with E-state index in [1.165, 1.54) is 0 Å². The highest BCUT2D eigenvalue weighted by Gasteiger charge is 2.14. The first-order chi connectivity index (χ1) is 9.55. The molecule has 0 fully saturated rings. The van der Waals surface area contributed by atoms with Crippen LogP contribution < -0.4 is 0 Å². The molecule has 1 aromatic heterocycles. The third-order valence-electron chi connectivity index (χ3n) is 3.34. The number of rotatable bonds is 5. The molecule has 0 N–H and O–H groups in total. The molecular formula is C16H19BrN2O. The summed E-state index contributed by atoms with van der Waals surface area (Å²) in [5, 5.41) is 4.49. The van der Waals surface area contributed by atoms with Crippen molar-refractivity contribution in [2.24, 2.45) is 0 Å². The molecule has 3 nitrogen and oxygen atoms in total. The minimum absolute atomic E-state index is 0.123. The number of carbonyl (C=O) groups excluding carboxylic acids is 1. The maximum absolute atomic E-state index is 12.5. The standard InChI is InChI=1S/C16H19BrN2O/c1-4-12-9-13(19(5-2)18-12)10-16(20)14-8-11(3)6-7-15(14)17/h6-9H,4-5,10H2,1-3H3. The summed E-state index contributed by atoms with van der Waals surface area (Å²) in [7, 11) is 0. The summed E-state index contributed by atoms with van der Waals surface area (Å²) in [5.41, 5.74) is 3.86. The summed E-state index contributed by atoms with van der Waals surface area (Å²) < 4.78 is 2.77. The van der Waals surface area contributed by atoms with Gasteiger partial charge in [0.15, 0.2) is 5.78 Å². The second-order valence-electron chi connectivity index (χ2n) is 4.88. The Hall–Kier alpha value is -1.42. The van der Waals surface area contributed by atoms with Crippen LogP contribution >= 0.6 is 15.9 Å². The van der Waals surface area contributed by atoms with Crippen LogP contribution in [0, 0.1) is 6.92 Å². The predicted molar refractivity (Wildman–Crippen MR) is 84.2 cm³/mol. The van der Waals surface area contributed by atoms with Gasteiger partial charge in [-0.05, 0) is 38.5 Å². The van der Waals surface area contributed by atoms with E-state index < -0.39 is 0 Å². The maximum atomic E-state index is 12.5. The normalized spacial score (nSPS) is 10.8. The first kappa shape index (κ1) is 15.0. The first-order valence-corrected chi connectivity index (χ1v) is 7.69. The molecule has 20 heavy (non-hydrogen) atoms. The van der Waals surface area contributed by atoms with Gasteiger partial charge in [-0.3, -0.25) is 9.48 Å². The van der Waals surface area contributed by atoms with Crippen LogP contribution in [-0.4, -0.2) is 15.6 Å². The van der Waals surface area contributed by atoms with Crippen molar-refractivity contribution in [3.63, 3.8) is 0 Å². The Morgan fingerprint density at radius 3 is 2.70 bits per heavy atom. The third kappa shape index (κ3) is 3.18. The molecule has 0 atom stereocenters. The molecule has 106 valence electrons. The number of hydrogen-bond acceptors (Lipinski definition) is 2. The average molecular weight is 335 g/mol. The summed E-state index contributed by atoms with van der Waals surface area (Å²) >= 11 is 3.46. The van der Waals surface area contributed by atoms with Gasteiger partial charge < -0.3 is 0 Å². The average Bonchev–Trinajstić information content (AvgIpc) is 2.83. The molecule has 0 amide bonds. The number of nitrogens with zero attached hydrogens (tertiary/aromatic N) is 2. The maximum Gasteiger partial charge on any atom is 0.169 e. The van der Waals surface area contributed by atoms with Crippen LogP contribution in [0.15, 0.2) is 28.7 Å². The van der Waals surface area contributed by atoms with Crippen LogP contribution in [-0.2, 0) is 19.4 Å². The molecular weight excluding hydrogens is 316 g/mol. The van der Waals surface area contributed by atoms with E-state index in [-0.39, 0.29) is 5.78 Å². The quantitative estimate of drug-likeness (QED) is 0.775. The fraction of sp³-hybridized carbons (Fsp3) is 0.375. The molecule has 0 spiro atoms. The zero-order valence-corrected chi connectivity index (χ0v) is 13.7. The molecule has 0 aliphatic rings. The summed E-state index contributed by atoms with van der Waals surface area (Å²) in [4.78, 5) is 12.5. The highest BCUT2D eigenvalue weighted by atomic mass is 79.9. The Bertz CT molecular complexity index is 631. The van der Waals surface area contributed by atoms with Crippen LogP contribution in [0.2, 0.25) is 0 Å². The van der Waals surface area contributed by atoms with Gasteiger partial charge in [-0.1, -0.05) is 34.5 Å². The van der Waals surface area contributed by atoms with Crippen molar-refractivity contribution in [1.29, 1.82) is 0 Å². The van der Waals surface area contributed by atoms with Crippen LogP contribution in [0.4, 0.5) is 0 Å². The molecule has 0 aliphatic heterocycles. The van der Waals surface area contributed by atoms with Gasteiger partial charge in [-0.2, -0.15) is 5.10 Å². The number of ketones is 1. The van der Waals surface area contributed by atoms with Crippen molar-refractivity contribution in [2.75, 3.05) is 0 Å². The van der Waals surface area contributed by atoms with Gasteiger partial charge in [-0.25, -0.2) is 0 Å². The molecule has 2 aromatic rings. The second kappa shape index (κ2) is 6.35. The van der Waals surface area contributed by atoms with Crippen molar-refractivity contribution in [3.05, 3.63) is 51.3 Å². The van der Waals surface area contributed by atoms with Crippen LogP contribution in [0.1, 0.15) is 41.2 Å². The smallest absolute Gasteiger partial charge is 0.169 e. The van der Waals surface area contributed by atoms with Crippen molar-refractivity contribution in [2.45, 2.75) is 40.2 Å². The van der Waals surface area contributed by atoms with E-state index in [1.54, 1.807) is 0 Å². The number of aromatic nitrogens is 2. The van der Waals surface area contributed by atoms with Gasteiger partial charge >= 0.3 is 0 Å². The number of aryl methyl sites for hydroxylation is 3. The van der Waals surface area contributed by atoms with E-state index in [4.69, 9.17) is 0 Å². The zero-order valence-electron chi connectivity index (χ0n) is 12.1. The van der Waals surface area contributed by atoms with Crippen LogP contribution in [0.3, 0.4) is 0 Å². The Labute approximate surface area is 128 Å². The molecule has 0 unspecified atom stereocenters. The number of carbonyl (C=O) groups is 1. The second-order valence-corrected chi connectivity index (χ2v) is 5.73. The van der Waals surface area contributed by atoms with Crippen molar-refractivity contribution >= 4 is 21.7 Å². The Balaban J connectivity index is 2.27. The lowest BCUT2D eigenvalue weighted by Crippen LogP contribution is -2.10. The van der Waals surface area contributed by atoms with Crippen LogP contribution in [0.5, 0.6) is 0 Å². The molecule has 0 saturated carbocycles. The fourth-order valence-electron chi connectivity index (χ4n) is 2.22. The molecule has 0 radical (unpaired) electrons. The number of Topliss-reactive ketones (excluding diaryl/α,β-unsaturated/α-hetero) is 1. The number of benzene rings is 1. The van der Waals surface area contributed by atoms with E-state index in [1.807, 2.05) is 42.8 Å². The Morgan fingerprint density at radius 2 is 2.05 bits per heavy atom. The van der Waals surface area contributed by atoms with Gasteiger partial charge in [0.2, 0.25) is 0 Å². The van der Waals surface area contributed by atoms with E-state index in [2.05, 4.69) is 28.0 Å². The van der Waals surface area contributed by atoms with Gasteiger partial charge in [0, 0.05) is 22.3 Å². The molecule has 4 heteroatoms. The topological polar surface area (TPSA) is 34.9 Å². The van der Waals surface area contributed by atoms with Crippen molar-refractivity contribution < 1.29 is 4.79 Å². The summed E-state index contributed by atoms with van der Waals surface area (Å²) in [6.07, 6.45) is 1.28.